The van der Waals surface area contributed by atoms with Gasteiger partial charge in [0.2, 0.25) is 6.29 Å². The standard InChI is InChI=1S/C43H48N4O16/c1-4-45-61-20-19-59-18-17-58-16-13-44-38(51)29-21-24(9-11-31(29)62-42-36(50)34(48)35(49)37(63-42)41(54)55)23-60-43(56)46(2)14-15-47-39(52)27-10-12-30(57-3)28-22-25-7-5-6-8-26(25)33(32(27)28)40(47)53/h4-12,21-22,34-37,42,48-50H,13-20,23H2,1-3H3,(H,44,51)(H,54,55)/b45-4+/t34-,35-,36+,37-,42+/m0/s1. The molecule has 6 rings (SSSR count). The molecule has 4 amide bonds. The van der Waals surface area contributed by atoms with Crippen molar-refractivity contribution in [2.75, 3.05) is 66.8 Å². The van der Waals surface area contributed by atoms with Crippen LogP contribution in [0.2, 0.25) is 0 Å². The first kappa shape index (κ1) is 46.1. The van der Waals surface area contributed by atoms with Crippen LogP contribution in [-0.2, 0) is 35.2 Å². The molecule has 20 heteroatoms. The van der Waals surface area contributed by atoms with Crippen molar-refractivity contribution < 1.29 is 77.7 Å². The number of aliphatic hydroxyl groups is 3. The Morgan fingerprint density at radius 2 is 1.62 bits per heavy atom. The molecule has 4 aromatic rings. The minimum absolute atomic E-state index is 0.0261. The van der Waals surface area contributed by atoms with Gasteiger partial charge in [0.25, 0.3) is 17.7 Å². The van der Waals surface area contributed by atoms with Gasteiger partial charge in [0.1, 0.15) is 43.0 Å². The van der Waals surface area contributed by atoms with Crippen molar-refractivity contribution in [1.29, 1.82) is 0 Å². The van der Waals surface area contributed by atoms with Gasteiger partial charge in [0.15, 0.2) is 6.10 Å². The predicted molar refractivity (Wildman–Crippen MR) is 222 cm³/mol. The first-order valence-corrected chi connectivity index (χ1v) is 19.9. The Labute approximate surface area is 360 Å². The number of imide groups is 1. The van der Waals surface area contributed by atoms with E-state index in [1.807, 2.05) is 24.3 Å². The highest BCUT2D eigenvalue weighted by atomic mass is 16.7. The number of benzene rings is 4. The molecular weight excluding hydrogens is 828 g/mol. The Morgan fingerprint density at radius 1 is 0.889 bits per heavy atom. The van der Waals surface area contributed by atoms with Gasteiger partial charge in [-0.1, -0.05) is 35.5 Å². The number of nitrogens with one attached hydrogen (secondary N) is 1. The molecule has 0 unspecified atom stereocenters. The number of nitrogens with zero attached hydrogens (tertiary/aromatic N) is 3. The molecule has 0 aliphatic carbocycles. The van der Waals surface area contributed by atoms with Crippen LogP contribution in [-0.4, -0.2) is 164 Å². The van der Waals surface area contributed by atoms with Crippen molar-refractivity contribution in [3.05, 3.63) is 82.9 Å². The van der Waals surface area contributed by atoms with Crippen LogP contribution < -0.4 is 14.8 Å². The van der Waals surface area contributed by atoms with Crippen LogP contribution in [0.25, 0.3) is 21.5 Å². The van der Waals surface area contributed by atoms with Gasteiger partial charge in [-0.3, -0.25) is 19.3 Å². The molecule has 5 atom stereocenters. The van der Waals surface area contributed by atoms with E-state index in [4.69, 9.17) is 33.3 Å². The molecule has 2 aliphatic rings. The SMILES string of the molecule is C/C=N/OCCOCCOCCNC(=O)c1cc(COC(=O)N(C)CCN2C(=O)c3ccc(OC)c4cc5ccccc5c(c34)C2=O)ccc1O[C@@H]1O[C@H](C(=O)O)[C@@H](O)[C@H](O)[C@H]1O. The van der Waals surface area contributed by atoms with Gasteiger partial charge in [-0.05, 0) is 53.6 Å². The minimum Gasteiger partial charge on any atom is -0.496 e. The van der Waals surface area contributed by atoms with E-state index in [1.54, 1.807) is 25.1 Å². The summed E-state index contributed by atoms with van der Waals surface area (Å²) in [6.07, 6.45) is -8.93. The zero-order valence-corrected chi connectivity index (χ0v) is 34.6. The molecule has 0 radical (unpaired) electrons. The Balaban J connectivity index is 1.10. The summed E-state index contributed by atoms with van der Waals surface area (Å²) in [5.41, 5.74) is 0.822. The smallest absolute Gasteiger partial charge is 0.409 e. The quantitative estimate of drug-likeness (QED) is 0.0279. The van der Waals surface area contributed by atoms with Gasteiger partial charge >= 0.3 is 12.1 Å². The Hall–Kier alpha value is -6.42. The Morgan fingerprint density at radius 3 is 2.37 bits per heavy atom. The van der Waals surface area contributed by atoms with E-state index >= 15 is 0 Å². The lowest BCUT2D eigenvalue weighted by atomic mass is 9.89. The number of likely N-dealkylation sites (N-methyl/N-ethyl adjacent to an activating group) is 1. The molecule has 20 nitrogen and oxygen atoms in total. The molecule has 1 saturated heterocycles. The summed E-state index contributed by atoms with van der Waals surface area (Å²) in [6, 6.07) is 16.6. The van der Waals surface area contributed by atoms with Crippen LogP contribution in [0.15, 0.2) is 65.8 Å². The van der Waals surface area contributed by atoms with Gasteiger partial charge in [-0.15, -0.1) is 0 Å². The number of carboxylic acids is 1. The fourth-order valence-electron chi connectivity index (χ4n) is 7.00. The highest BCUT2D eigenvalue weighted by Crippen LogP contribution is 2.40. The van der Waals surface area contributed by atoms with Crippen molar-refractivity contribution in [2.45, 2.75) is 44.2 Å². The van der Waals surface area contributed by atoms with Gasteiger partial charge < -0.3 is 63.9 Å². The van der Waals surface area contributed by atoms with Gasteiger partial charge in [0.05, 0.1) is 44.7 Å². The van der Waals surface area contributed by atoms with Crippen molar-refractivity contribution in [3.63, 3.8) is 0 Å². The number of carboxylic acid groups (broad SMARTS) is 1. The molecule has 336 valence electrons. The lowest BCUT2D eigenvalue weighted by molar-refractivity contribution is -0.271. The Kier molecular flexibility index (Phi) is 15.4. The van der Waals surface area contributed by atoms with Crippen molar-refractivity contribution in [1.82, 2.24) is 15.1 Å². The van der Waals surface area contributed by atoms with Crippen LogP contribution in [0, 0.1) is 0 Å². The average molecular weight is 877 g/mol. The van der Waals surface area contributed by atoms with Crippen molar-refractivity contribution in [3.8, 4) is 11.5 Å². The number of rotatable bonds is 20. The summed E-state index contributed by atoms with van der Waals surface area (Å²) in [4.78, 5) is 73.4. The highest BCUT2D eigenvalue weighted by Gasteiger charge is 2.48. The van der Waals surface area contributed by atoms with E-state index in [2.05, 4.69) is 10.5 Å². The highest BCUT2D eigenvalue weighted by molar-refractivity contribution is 6.31. The largest absolute Gasteiger partial charge is 0.496 e. The maximum absolute atomic E-state index is 14.0. The maximum Gasteiger partial charge on any atom is 0.409 e. The van der Waals surface area contributed by atoms with E-state index in [9.17, 15) is 44.4 Å². The van der Waals surface area contributed by atoms with Gasteiger partial charge in [0, 0.05) is 49.2 Å². The topological polar surface area (TPSA) is 262 Å². The number of carbonyl (C=O) groups excluding carboxylic acids is 4. The summed E-state index contributed by atoms with van der Waals surface area (Å²) in [5.74, 6) is -3.07. The fraction of sp³-hybridized carbons (Fsp3) is 0.395. The van der Waals surface area contributed by atoms with E-state index in [1.165, 1.54) is 43.5 Å². The molecular formula is C43H48N4O16. The number of hydrogen-bond donors (Lipinski definition) is 5. The van der Waals surface area contributed by atoms with Crippen molar-refractivity contribution >= 4 is 57.5 Å². The second-order valence-corrected chi connectivity index (χ2v) is 14.3. The third kappa shape index (κ3) is 10.4. The van der Waals surface area contributed by atoms with Crippen LogP contribution in [0.4, 0.5) is 4.79 Å². The molecule has 0 bridgehead atoms. The molecule has 1 fully saturated rings. The summed E-state index contributed by atoms with van der Waals surface area (Å²) in [5, 5.41) is 49.3. The molecule has 2 aliphatic heterocycles. The summed E-state index contributed by atoms with van der Waals surface area (Å²) < 4.78 is 32.9. The fourth-order valence-corrected chi connectivity index (χ4v) is 7.00. The Bertz CT molecular complexity index is 2360. The number of amides is 4. The lowest BCUT2D eigenvalue weighted by Gasteiger charge is -2.38. The normalized spacial score (nSPS) is 19.7. The molecule has 4 aromatic carbocycles. The van der Waals surface area contributed by atoms with Crippen LogP contribution >= 0.6 is 0 Å². The molecule has 63 heavy (non-hydrogen) atoms. The molecule has 5 N–H and O–H groups in total. The molecule has 0 saturated carbocycles. The van der Waals surface area contributed by atoms with E-state index in [0.29, 0.717) is 45.2 Å². The van der Waals surface area contributed by atoms with Crippen LogP contribution in [0.1, 0.15) is 43.6 Å². The first-order valence-electron chi connectivity index (χ1n) is 19.9. The van der Waals surface area contributed by atoms with E-state index in [0.717, 1.165) is 10.3 Å². The second kappa shape index (κ2) is 21.1. The number of fused-ring (bicyclic) bond motifs is 2. The number of ether oxygens (including phenoxy) is 6. The zero-order valence-electron chi connectivity index (χ0n) is 34.6. The molecule has 0 spiro atoms. The summed E-state index contributed by atoms with van der Waals surface area (Å²) in [6.45, 7) is 2.27. The number of methoxy groups -OCH3 is 1. The van der Waals surface area contributed by atoms with Crippen LogP contribution in [0.5, 0.6) is 11.5 Å². The number of hydrogen-bond acceptors (Lipinski definition) is 16. The summed E-state index contributed by atoms with van der Waals surface area (Å²) in [7, 11) is 2.95. The van der Waals surface area contributed by atoms with Gasteiger partial charge in [-0.25, -0.2) is 9.59 Å². The zero-order chi connectivity index (χ0) is 45.2. The number of carbonyl (C=O) groups is 5. The molecule has 2 heterocycles. The average Bonchev–Trinajstić information content (AvgIpc) is 3.28. The van der Waals surface area contributed by atoms with E-state index < -0.39 is 60.5 Å². The van der Waals surface area contributed by atoms with Crippen molar-refractivity contribution in [2.24, 2.45) is 5.16 Å². The summed E-state index contributed by atoms with van der Waals surface area (Å²) >= 11 is 0. The maximum atomic E-state index is 14.0. The number of aliphatic hydroxyl groups excluding tert-OH is 3. The lowest BCUT2D eigenvalue weighted by Crippen LogP contribution is -2.61. The first-order chi connectivity index (χ1) is 30.4. The van der Waals surface area contributed by atoms with E-state index in [-0.39, 0.29) is 64.0 Å². The van der Waals surface area contributed by atoms with Gasteiger partial charge in [-0.2, -0.15) is 0 Å². The molecule has 0 aromatic heterocycles. The monoisotopic (exact) mass is 876 g/mol. The predicted octanol–water partition coefficient (Wildman–Crippen LogP) is 1.92. The number of aliphatic carboxylic acids is 1. The third-order valence-electron chi connectivity index (χ3n) is 10.2. The van der Waals surface area contributed by atoms with Crippen LogP contribution in [0.3, 0.4) is 0 Å². The number of oxime groups is 1. The third-order valence-corrected chi connectivity index (χ3v) is 10.2. The minimum atomic E-state index is -1.97. The second-order valence-electron chi connectivity index (χ2n) is 14.3.